The lowest BCUT2D eigenvalue weighted by molar-refractivity contribution is 0.0600. The van der Waals surface area contributed by atoms with Crippen LogP contribution in [-0.4, -0.2) is 13.1 Å². The van der Waals surface area contributed by atoms with E-state index in [0.717, 1.165) is 0 Å². The normalized spacial score (nSPS) is 10.7. The Balaban J connectivity index is 3.30. The highest BCUT2D eigenvalue weighted by atomic mass is 35.5. The van der Waals surface area contributed by atoms with E-state index in [4.69, 9.17) is 16.9 Å². The molecule has 1 aromatic carbocycles. The zero-order chi connectivity index (χ0) is 12.3. The fourth-order valence-corrected chi connectivity index (χ4v) is 1.49. The van der Waals surface area contributed by atoms with Crippen molar-refractivity contribution in [3.05, 3.63) is 34.3 Å². The topological polar surface area (TPSA) is 50.1 Å². The van der Waals surface area contributed by atoms with E-state index in [2.05, 4.69) is 10.8 Å². The Kier molecular flexibility index (Phi) is 3.56. The van der Waals surface area contributed by atoms with Crippen LogP contribution in [0.15, 0.2) is 18.2 Å². The molecule has 0 fully saturated rings. The molecule has 0 aliphatic carbocycles. The number of esters is 1. The molecule has 84 valence electrons. The SMILES string of the molecule is COC(=O)c1cc(Cl)cc(C(C)(C)C#N)c1. The molecule has 0 amide bonds. The Bertz CT molecular complexity index is 461. The van der Waals surface area contributed by atoms with Gasteiger partial charge in [-0.1, -0.05) is 11.6 Å². The van der Waals surface area contributed by atoms with Crippen molar-refractivity contribution in [3.63, 3.8) is 0 Å². The summed E-state index contributed by atoms with van der Waals surface area (Å²) in [4.78, 5) is 11.4. The minimum atomic E-state index is -0.687. The zero-order valence-corrected chi connectivity index (χ0v) is 10.1. The smallest absolute Gasteiger partial charge is 0.337 e. The van der Waals surface area contributed by atoms with Gasteiger partial charge in [-0.15, -0.1) is 0 Å². The summed E-state index contributed by atoms with van der Waals surface area (Å²) in [6.07, 6.45) is 0. The Labute approximate surface area is 99.6 Å². The van der Waals surface area contributed by atoms with E-state index < -0.39 is 11.4 Å². The van der Waals surface area contributed by atoms with Crippen LogP contribution in [0.3, 0.4) is 0 Å². The lowest BCUT2D eigenvalue weighted by Crippen LogP contribution is -2.15. The highest BCUT2D eigenvalue weighted by Crippen LogP contribution is 2.26. The summed E-state index contributed by atoms with van der Waals surface area (Å²) in [6, 6.07) is 6.98. The van der Waals surface area contributed by atoms with Gasteiger partial charge in [-0.2, -0.15) is 5.26 Å². The number of ether oxygens (including phenoxy) is 1. The van der Waals surface area contributed by atoms with Crippen LogP contribution in [0, 0.1) is 11.3 Å². The molecule has 0 spiro atoms. The molecular formula is C12H12ClNO2. The third-order valence-corrected chi connectivity index (χ3v) is 2.54. The lowest BCUT2D eigenvalue weighted by Gasteiger charge is -2.16. The number of nitriles is 1. The van der Waals surface area contributed by atoms with E-state index in [1.165, 1.54) is 13.2 Å². The summed E-state index contributed by atoms with van der Waals surface area (Å²) >= 11 is 5.90. The Morgan fingerprint density at radius 3 is 2.56 bits per heavy atom. The maximum Gasteiger partial charge on any atom is 0.337 e. The van der Waals surface area contributed by atoms with Crippen molar-refractivity contribution in [2.75, 3.05) is 7.11 Å². The first-order chi connectivity index (χ1) is 7.40. The first-order valence-electron chi connectivity index (χ1n) is 4.71. The van der Waals surface area contributed by atoms with Gasteiger partial charge >= 0.3 is 5.97 Å². The molecule has 0 radical (unpaired) electrons. The Morgan fingerprint density at radius 2 is 2.06 bits per heavy atom. The number of hydrogen-bond donors (Lipinski definition) is 0. The average Bonchev–Trinajstić information content (AvgIpc) is 2.27. The molecule has 0 unspecified atom stereocenters. The maximum atomic E-state index is 11.4. The number of nitrogens with zero attached hydrogens (tertiary/aromatic N) is 1. The second kappa shape index (κ2) is 4.54. The first kappa shape index (κ1) is 12.5. The van der Waals surface area contributed by atoms with Gasteiger partial charge in [-0.05, 0) is 37.6 Å². The number of methoxy groups -OCH3 is 1. The van der Waals surface area contributed by atoms with Crippen LogP contribution in [-0.2, 0) is 10.2 Å². The zero-order valence-electron chi connectivity index (χ0n) is 9.37. The fourth-order valence-electron chi connectivity index (χ4n) is 1.25. The van der Waals surface area contributed by atoms with Gasteiger partial charge < -0.3 is 4.74 Å². The average molecular weight is 238 g/mol. The monoisotopic (exact) mass is 237 g/mol. The van der Waals surface area contributed by atoms with E-state index in [0.29, 0.717) is 16.1 Å². The van der Waals surface area contributed by atoms with Gasteiger partial charge in [0.25, 0.3) is 0 Å². The summed E-state index contributed by atoms with van der Waals surface area (Å²) in [5, 5.41) is 9.43. The van der Waals surface area contributed by atoms with Crippen molar-refractivity contribution in [1.29, 1.82) is 5.26 Å². The summed E-state index contributed by atoms with van der Waals surface area (Å²) in [5.74, 6) is -0.461. The van der Waals surface area contributed by atoms with E-state index >= 15 is 0 Å². The molecule has 0 bridgehead atoms. The fraction of sp³-hybridized carbons (Fsp3) is 0.333. The Morgan fingerprint density at radius 1 is 1.44 bits per heavy atom. The summed E-state index contributed by atoms with van der Waals surface area (Å²) in [6.45, 7) is 3.53. The van der Waals surface area contributed by atoms with Gasteiger partial charge in [0.15, 0.2) is 0 Å². The van der Waals surface area contributed by atoms with Crippen LogP contribution in [0.1, 0.15) is 29.8 Å². The van der Waals surface area contributed by atoms with Gasteiger partial charge in [-0.25, -0.2) is 4.79 Å². The highest BCUT2D eigenvalue weighted by molar-refractivity contribution is 6.31. The minimum absolute atomic E-state index is 0.355. The van der Waals surface area contributed by atoms with Crippen molar-refractivity contribution in [2.45, 2.75) is 19.3 Å². The molecule has 0 aliphatic heterocycles. The number of hydrogen-bond acceptors (Lipinski definition) is 3. The molecule has 0 N–H and O–H groups in total. The first-order valence-corrected chi connectivity index (χ1v) is 5.09. The molecule has 3 nitrogen and oxygen atoms in total. The lowest BCUT2D eigenvalue weighted by atomic mass is 9.85. The highest BCUT2D eigenvalue weighted by Gasteiger charge is 2.22. The molecule has 0 saturated heterocycles. The molecule has 4 heteroatoms. The summed E-state index contributed by atoms with van der Waals surface area (Å²) in [5.41, 5.74) is 0.365. The van der Waals surface area contributed by atoms with E-state index in [1.54, 1.807) is 26.0 Å². The molecule has 0 aromatic heterocycles. The summed E-state index contributed by atoms with van der Waals surface area (Å²) in [7, 11) is 1.30. The van der Waals surface area contributed by atoms with Crippen LogP contribution < -0.4 is 0 Å². The third-order valence-electron chi connectivity index (χ3n) is 2.32. The van der Waals surface area contributed by atoms with Gasteiger partial charge in [0.05, 0.1) is 24.2 Å². The number of carbonyl (C=O) groups excluding carboxylic acids is 1. The van der Waals surface area contributed by atoms with Gasteiger partial charge in [-0.3, -0.25) is 0 Å². The van der Waals surface area contributed by atoms with Crippen molar-refractivity contribution >= 4 is 17.6 Å². The molecule has 0 atom stereocenters. The van der Waals surface area contributed by atoms with Gasteiger partial charge in [0, 0.05) is 5.02 Å². The van der Waals surface area contributed by atoms with Crippen molar-refractivity contribution in [1.82, 2.24) is 0 Å². The minimum Gasteiger partial charge on any atom is -0.465 e. The van der Waals surface area contributed by atoms with E-state index in [1.807, 2.05) is 0 Å². The quantitative estimate of drug-likeness (QED) is 0.743. The van der Waals surface area contributed by atoms with Crippen LogP contribution in [0.2, 0.25) is 5.02 Å². The van der Waals surface area contributed by atoms with Crippen molar-refractivity contribution < 1.29 is 9.53 Å². The van der Waals surface area contributed by atoms with Crippen LogP contribution in [0.5, 0.6) is 0 Å². The number of halogens is 1. The molecule has 0 aliphatic rings. The van der Waals surface area contributed by atoms with Gasteiger partial charge in [0.2, 0.25) is 0 Å². The maximum absolute atomic E-state index is 11.4. The predicted octanol–water partition coefficient (Wildman–Crippen LogP) is 2.93. The standard InChI is InChI=1S/C12H12ClNO2/c1-12(2,7-14)9-4-8(11(15)16-3)5-10(13)6-9/h4-6H,1-3H3. The predicted molar refractivity (Wildman–Crippen MR) is 61.4 cm³/mol. The number of benzene rings is 1. The second-order valence-electron chi connectivity index (χ2n) is 3.96. The van der Waals surface area contributed by atoms with E-state index in [9.17, 15) is 4.79 Å². The second-order valence-corrected chi connectivity index (χ2v) is 4.39. The molecular weight excluding hydrogens is 226 g/mol. The molecule has 1 rings (SSSR count). The third kappa shape index (κ3) is 2.53. The molecule has 1 aromatic rings. The molecule has 0 heterocycles. The van der Waals surface area contributed by atoms with Crippen LogP contribution in [0.4, 0.5) is 0 Å². The number of rotatable bonds is 2. The van der Waals surface area contributed by atoms with Crippen molar-refractivity contribution in [3.8, 4) is 6.07 Å². The Hall–Kier alpha value is -1.53. The molecule has 16 heavy (non-hydrogen) atoms. The molecule has 0 saturated carbocycles. The van der Waals surface area contributed by atoms with Gasteiger partial charge in [0.1, 0.15) is 0 Å². The summed E-state index contributed by atoms with van der Waals surface area (Å²) < 4.78 is 4.61. The number of carbonyl (C=O) groups is 1. The van der Waals surface area contributed by atoms with Crippen LogP contribution >= 0.6 is 11.6 Å². The van der Waals surface area contributed by atoms with Crippen molar-refractivity contribution in [2.24, 2.45) is 0 Å². The van der Waals surface area contributed by atoms with E-state index in [-0.39, 0.29) is 0 Å². The largest absolute Gasteiger partial charge is 0.465 e. The van der Waals surface area contributed by atoms with Crippen LogP contribution in [0.25, 0.3) is 0 Å².